The van der Waals surface area contributed by atoms with Crippen LogP contribution in [0.1, 0.15) is 0 Å². The molecule has 0 saturated heterocycles. The third kappa shape index (κ3) is 1.28. The van der Waals surface area contributed by atoms with Gasteiger partial charge in [-0.3, -0.25) is 0 Å². The molecule has 2 aromatic rings. The Bertz CT molecular complexity index is 315. The van der Waals surface area contributed by atoms with Crippen LogP contribution in [-0.4, -0.2) is 9.59 Å². The van der Waals surface area contributed by atoms with E-state index >= 15 is 0 Å². The Labute approximate surface area is 68.7 Å². The minimum absolute atomic E-state index is 0.954. The Kier molecular flexibility index (Phi) is 1.65. The van der Waals surface area contributed by atoms with Gasteiger partial charge in [0.05, 0.1) is 0 Å². The van der Waals surface area contributed by atoms with E-state index in [9.17, 15) is 0 Å². The minimum Gasteiger partial charge on any atom is -0.138 e. The van der Waals surface area contributed by atoms with Crippen molar-refractivity contribution < 1.29 is 0 Å². The molecule has 54 valence electrons. The smallest absolute Gasteiger partial charge is 0.105 e. The third-order valence-electron chi connectivity index (χ3n) is 1.43. The SMILES string of the molecule is c1ccc(-c2csnn2)cc1. The molecule has 0 fully saturated rings. The van der Waals surface area contributed by atoms with Crippen molar-refractivity contribution in [3.05, 3.63) is 35.7 Å². The number of rotatable bonds is 1. The molecule has 0 bridgehead atoms. The van der Waals surface area contributed by atoms with Gasteiger partial charge in [-0.25, -0.2) is 0 Å². The number of nitrogens with zero attached hydrogens (tertiary/aromatic N) is 2. The highest BCUT2D eigenvalue weighted by Crippen LogP contribution is 2.15. The molecule has 0 unspecified atom stereocenters. The van der Waals surface area contributed by atoms with Crippen LogP contribution in [0.4, 0.5) is 0 Å². The van der Waals surface area contributed by atoms with Crippen LogP contribution in [0, 0.1) is 0 Å². The first-order chi connectivity index (χ1) is 5.47. The summed E-state index contributed by atoms with van der Waals surface area (Å²) in [5.41, 5.74) is 2.08. The molecule has 0 aliphatic rings. The van der Waals surface area contributed by atoms with Crippen LogP contribution in [0.3, 0.4) is 0 Å². The van der Waals surface area contributed by atoms with Gasteiger partial charge in [-0.05, 0) is 11.5 Å². The van der Waals surface area contributed by atoms with Crippen LogP contribution in [0.5, 0.6) is 0 Å². The van der Waals surface area contributed by atoms with E-state index in [0.717, 1.165) is 11.3 Å². The van der Waals surface area contributed by atoms with Crippen LogP contribution in [0.2, 0.25) is 0 Å². The van der Waals surface area contributed by atoms with E-state index in [2.05, 4.69) is 9.59 Å². The summed E-state index contributed by atoms with van der Waals surface area (Å²) in [6.45, 7) is 0. The van der Waals surface area contributed by atoms with Crippen molar-refractivity contribution in [2.75, 3.05) is 0 Å². The number of hydrogen-bond donors (Lipinski definition) is 0. The Morgan fingerprint density at radius 3 is 2.55 bits per heavy atom. The van der Waals surface area contributed by atoms with Gasteiger partial charge in [-0.1, -0.05) is 34.8 Å². The van der Waals surface area contributed by atoms with E-state index in [1.165, 1.54) is 11.5 Å². The normalized spacial score (nSPS) is 9.82. The highest BCUT2D eigenvalue weighted by molar-refractivity contribution is 7.03. The maximum absolute atomic E-state index is 3.96. The van der Waals surface area contributed by atoms with Crippen LogP contribution in [0.15, 0.2) is 35.7 Å². The van der Waals surface area contributed by atoms with Gasteiger partial charge >= 0.3 is 0 Å². The fourth-order valence-corrected chi connectivity index (χ4v) is 1.36. The first kappa shape index (κ1) is 6.49. The van der Waals surface area contributed by atoms with E-state index in [4.69, 9.17) is 0 Å². The minimum atomic E-state index is 0.954. The van der Waals surface area contributed by atoms with Gasteiger partial charge in [0.1, 0.15) is 5.69 Å². The second kappa shape index (κ2) is 2.80. The molecule has 0 radical (unpaired) electrons. The zero-order valence-corrected chi connectivity index (χ0v) is 6.58. The summed E-state index contributed by atoms with van der Waals surface area (Å²) in [6.07, 6.45) is 0. The molecule has 0 N–H and O–H groups in total. The van der Waals surface area contributed by atoms with Crippen molar-refractivity contribution in [1.29, 1.82) is 0 Å². The molecule has 0 aliphatic carbocycles. The van der Waals surface area contributed by atoms with E-state index in [1.54, 1.807) is 0 Å². The van der Waals surface area contributed by atoms with Gasteiger partial charge in [-0.15, -0.1) is 5.10 Å². The maximum atomic E-state index is 3.96. The molecular weight excluding hydrogens is 156 g/mol. The largest absolute Gasteiger partial charge is 0.138 e. The summed E-state index contributed by atoms with van der Waals surface area (Å²) >= 11 is 1.37. The molecule has 3 heteroatoms. The summed E-state index contributed by atoms with van der Waals surface area (Å²) in [6, 6.07) is 10.0. The fourth-order valence-electron chi connectivity index (χ4n) is 0.899. The average molecular weight is 162 g/mol. The molecule has 0 atom stereocenters. The summed E-state index contributed by atoms with van der Waals surface area (Å²) in [7, 11) is 0. The van der Waals surface area contributed by atoms with Crippen molar-refractivity contribution >= 4 is 11.5 Å². The zero-order valence-electron chi connectivity index (χ0n) is 5.77. The van der Waals surface area contributed by atoms with Gasteiger partial charge in [-0.2, -0.15) is 0 Å². The van der Waals surface area contributed by atoms with Crippen molar-refractivity contribution in [3.63, 3.8) is 0 Å². The number of aromatic nitrogens is 2. The van der Waals surface area contributed by atoms with Crippen molar-refractivity contribution in [2.45, 2.75) is 0 Å². The Morgan fingerprint density at radius 2 is 1.91 bits per heavy atom. The average Bonchev–Trinajstić information content (AvgIpc) is 2.58. The fraction of sp³-hybridized carbons (Fsp3) is 0. The summed E-state index contributed by atoms with van der Waals surface area (Å²) in [4.78, 5) is 0. The predicted octanol–water partition coefficient (Wildman–Crippen LogP) is 2.21. The molecule has 1 aromatic carbocycles. The second-order valence-corrected chi connectivity index (χ2v) is 2.77. The quantitative estimate of drug-likeness (QED) is 0.642. The van der Waals surface area contributed by atoms with Crippen LogP contribution >= 0.6 is 11.5 Å². The highest BCUT2D eigenvalue weighted by atomic mass is 32.1. The summed E-state index contributed by atoms with van der Waals surface area (Å²) < 4.78 is 3.79. The summed E-state index contributed by atoms with van der Waals surface area (Å²) in [5.74, 6) is 0. The lowest BCUT2D eigenvalue weighted by Gasteiger charge is -1.90. The molecule has 0 spiro atoms. The molecule has 1 heterocycles. The topological polar surface area (TPSA) is 25.8 Å². The Morgan fingerprint density at radius 1 is 1.09 bits per heavy atom. The third-order valence-corrected chi connectivity index (χ3v) is 1.93. The van der Waals surface area contributed by atoms with E-state index in [-0.39, 0.29) is 0 Å². The van der Waals surface area contributed by atoms with Crippen molar-refractivity contribution in [1.82, 2.24) is 9.59 Å². The van der Waals surface area contributed by atoms with Gasteiger partial charge in [0.15, 0.2) is 0 Å². The lowest BCUT2D eigenvalue weighted by Crippen LogP contribution is -1.75. The predicted molar refractivity (Wildman–Crippen MR) is 45.3 cm³/mol. The number of hydrogen-bond acceptors (Lipinski definition) is 3. The first-order valence-corrected chi connectivity index (χ1v) is 4.13. The molecule has 11 heavy (non-hydrogen) atoms. The van der Waals surface area contributed by atoms with Gasteiger partial charge in [0, 0.05) is 10.9 Å². The molecular formula is C8H6N2S. The van der Waals surface area contributed by atoms with Gasteiger partial charge in [0.2, 0.25) is 0 Å². The standard InChI is InChI=1S/C8H6N2S/c1-2-4-7(5-3-1)8-6-11-10-9-8/h1-6H. The van der Waals surface area contributed by atoms with Gasteiger partial charge < -0.3 is 0 Å². The maximum Gasteiger partial charge on any atom is 0.105 e. The molecule has 1 aromatic heterocycles. The van der Waals surface area contributed by atoms with Crippen molar-refractivity contribution in [2.24, 2.45) is 0 Å². The Balaban J connectivity index is 2.46. The van der Waals surface area contributed by atoms with Crippen molar-refractivity contribution in [3.8, 4) is 11.3 Å². The molecule has 0 aliphatic heterocycles. The van der Waals surface area contributed by atoms with Crippen LogP contribution in [0.25, 0.3) is 11.3 Å². The van der Waals surface area contributed by atoms with Crippen LogP contribution < -0.4 is 0 Å². The lowest BCUT2D eigenvalue weighted by atomic mass is 10.2. The first-order valence-electron chi connectivity index (χ1n) is 3.29. The molecule has 0 saturated carbocycles. The molecule has 2 nitrogen and oxygen atoms in total. The van der Waals surface area contributed by atoms with Gasteiger partial charge in [0.25, 0.3) is 0 Å². The van der Waals surface area contributed by atoms with E-state index < -0.39 is 0 Å². The lowest BCUT2D eigenvalue weighted by molar-refractivity contribution is 1.16. The second-order valence-electron chi connectivity index (χ2n) is 2.16. The summed E-state index contributed by atoms with van der Waals surface area (Å²) in [5, 5.41) is 5.89. The molecule has 2 rings (SSSR count). The molecule has 0 amide bonds. The van der Waals surface area contributed by atoms with E-state index in [0.29, 0.717) is 0 Å². The number of benzene rings is 1. The monoisotopic (exact) mass is 162 g/mol. The van der Waals surface area contributed by atoms with E-state index in [1.807, 2.05) is 35.7 Å². The zero-order chi connectivity index (χ0) is 7.52. The highest BCUT2D eigenvalue weighted by Gasteiger charge is 1.96. The van der Waals surface area contributed by atoms with Crippen LogP contribution in [-0.2, 0) is 0 Å². The Hall–Kier alpha value is -1.22.